The molecular formula is C22H19ClN4O2. The molecule has 29 heavy (non-hydrogen) atoms. The maximum atomic E-state index is 12.5. The lowest BCUT2D eigenvalue weighted by molar-refractivity contribution is 0.0945. The average Bonchev–Trinajstić information content (AvgIpc) is 3.09. The van der Waals surface area contributed by atoms with Gasteiger partial charge in [-0.1, -0.05) is 23.6 Å². The second-order valence-corrected chi connectivity index (χ2v) is 6.87. The Morgan fingerprint density at radius 1 is 1.31 bits per heavy atom. The summed E-state index contributed by atoms with van der Waals surface area (Å²) in [7, 11) is 1.57. The summed E-state index contributed by atoms with van der Waals surface area (Å²) in [4.78, 5) is 16.7. The molecule has 0 atom stereocenters. The minimum Gasteiger partial charge on any atom is -0.493 e. The number of carbonyl (C=O) groups excluding carboxylic acids is 1. The van der Waals surface area contributed by atoms with Crippen LogP contribution in [0.4, 0.5) is 5.69 Å². The number of rotatable bonds is 4. The van der Waals surface area contributed by atoms with E-state index in [1.54, 1.807) is 32.5 Å². The Kier molecular flexibility index (Phi) is 5.15. The van der Waals surface area contributed by atoms with Crippen LogP contribution in [0.1, 0.15) is 28.5 Å². The molecular weight excluding hydrogens is 388 g/mol. The van der Waals surface area contributed by atoms with Gasteiger partial charge in [0.05, 0.1) is 40.3 Å². The molecule has 4 rings (SSSR count). The van der Waals surface area contributed by atoms with Gasteiger partial charge >= 0.3 is 0 Å². The maximum absolute atomic E-state index is 12.5. The van der Waals surface area contributed by atoms with Crippen molar-refractivity contribution in [1.29, 1.82) is 0 Å². The second kappa shape index (κ2) is 7.90. The van der Waals surface area contributed by atoms with E-state index >= 15 is 0 Å². The number of aromatic nitrogens is 2. The highest BCUT2D eigenvalue weighted by atomic mass is 35.5. The molecule has 0 unspecified atom stereocenters. The number of fused-ring (bicyclic) bond motifs is 1. The normalized spacial score (nSPS) is 12.4. The fourth-order valence-electron chi connectivity index (χ4n) is 3.49. The third-order valence-corrected chi connectivity index (χ3v) is 5.05. The van der Waals surface area contributed by atoms with Gasteiger partial charge in [0.2, 0.25) is 0 Å². The molecule has 0 bridgehead atoms. The summed E-state index contributed by atoms with van der Waals surface area (Å²) in [5.41, 5.74) is 8.08. The highest BCUT2D eigenvalue weighted by Crippen LogP contribution is 2.35. The summed E-state index contributed by atoms with van der Waals surface area (Å²) in [6.07, 6.45) is 4.13. The molecule has 1 aliphatic heterocycles. The number of halogens is 1. The van der Waals surface area contributed by atoms with Crippen molar-refractivity contribution in [2.75, 3.05) is 19.1 Å². The number of anilines is 1. The van der Waals surface area contributed by atoms with Crippen molar-refractivity contribution in [3.63, 3.8) is 0 Å². The lowest BCUT2D eigenvalue weighted by atomic mass is 10.1. The van der Waals surface area contributed by atoms with Crippen LogP contribution >= 0.6 is 11.6 Å². The molecule has 3 heterocycles. The predicted molar refractivity (Wildman–Crippen MR) is 113 cm³/mol. The maximum Gasteiger partial charge on any atom is 0.253 e. The van der Waals surface area contributed by atoms with Gasteiger partial charge < -0.3 is 10.1 Å². The SMILES string of the molecule is CC#Cc1cnccc1-c1cc2c(n1Nc1cccc(Cl)c1OC)CCNC2=O. The van der Waals surface area contributed by atoms with Crippen LogP contribution in [0.25, 0.3) is 11.3 Å². The van der Waals surface area contributed by atoms with E-state index in [1.165, 1.54) is 0 Å². The highest BCUT2D eigenvalue weighted by Gasteiger charge is 2.26. The third-order valence-electron chi connectivity index (χ3n) is 4.75. The van der Waals surface area contributed by atoms with Crippen molar-refractivity contribution in [3.05, 3.63) is 64.6 Å². The number of methoxy groups -OCH3 is 1. The second-order valence-electron chi connectivity index (χ2n) is 6.46. The quantitative estimate of drug-likeness (QED) is 0.647. The summed E-state index contributed by atoms with van der Waals surface area (Å²) in [5.74, 6) is 6.45. The predicted octanol–water partition coefficient (Wildman–Crippen LogP) is 3.74. The molecule has 0 radical (unpaired) electrons. The zero-order valence-electron chi connectivity index (χ0n) is 16.0. The molecule has 0 saturated heterocycles. The van der Waals surface area contributed by atoms with Gasteiger partial charge in [0.15, 0.2) is 5.75 Å². The Morgan fingerprint density at radius 2 is 2.17 bits per heavy atom. The molecule has 3 aromatic rings. The first-order valence-corrected chi connectivity index (χ1v) is 9.51. The Labute approximate surface area is 173 Å². The van der Waals surface area contributed by atoms with Crippen molar-refractivity contribution in [2.24, 2.45) is 0 Å². The van der Waals surface area contributed by atoms with Gasteiger partial charge in [-0.05, 0) is 31.2 Å². The van der Waals surface area contributed by atoms with Crippen LogP contribution in [-0.4, -0.2) is 29.2 Å². The van der Waals surface area contributed by atoms with Gasteiger partial charge in [-0.15, -0.1) is 5.92 Å². The minimum atomic E-state index is -0.0942. The van der Waals surface area contributed by atoms with Gasteiger partial charge in [-0.3, -0.25) is 19.9 Å². The summed E-state index contributed by atoms with van der Waals surface area (Å²) in [6.45, 7) is 2.35. The van der Waals surface area contributed by atoms with Crippen molar-refractivity contribution >= 4 is 23.2 Å². The molecule has 2 aromatic heterocycles. The molecule has 2 N–H and O–H groups in total. The molecule has 1 aromatic carbocycles. The molecule has 7 heteroatoms. The van der Waals surface area contributed by atoms with Crippen LogP contribution in [0.15, 0.2) is 42.7 Å². The van der Waals surface area contributed by atoms with Gasteiger partial charge in [0, 0.05) is 30.9 Å². The smallest absolute Gasteiger partial charge is 0.253 e. The number of nitrogens with zero attached hydrogens (tertiary/aromatic N) is 2. The number of pyridine rings is 1. The van der Waals surface area contributed by atoms with Crippen molar-refractivity contribution in [3.8, 4) is 28.8 Å². The number of amides is 1. The van der Waals surface area contributed by atoms with Crippen LogP contribution in [0, 0.1) is 11.8 Å². The van der Waals surface area contributed by atoms with Gasteiger partial charge in [-0.25, -0.2) is 0 Å². The molecule has 0 aliphatic carbocycles. The van der Waals surface area contributed by atoms with Crippen LogP contribution in [0.2, 0.25) is 5.02 Å². The molecule has 0 spiro atoms. The van der Waals surface area contributed by atoms with E-state index in [0.717, 1.165) is 22.5 Å². The largest absolute Gasteiger partial charge is 0.493 e. The van der Waals surface area contributed by atoms with Crippen molar-refractivity contribution in [2.45, 2.75) is 13.3 Å². The molecule has 146 valence electrons. The summed E-state index contributed by atoms with van der Waals surface area (Å²) in [6, 6.07) is 9.26. The fraction of sp³-hybridized carbons (Fsp3) is 0.182. The third kappa shape index (κ3) is 3.41. The van der Waals surface area contributed by atoms with E-state index in [9.17, 15) is 4.79 Å². The lowest BCUT2D eigenvalue weighted by Gasteiger charge is -2.21. The van der Waals surface area contributed by atoms with Crippen molar-refractivity contribution < 1.29 is 9.53 Å². The number of para-hydroxylation sites is 1. The van der Waals surface area contributed by atoms with E-state index < -0.39 is 0 Å². The zero-order chi connectivity index (χ0) is 20.4. The summed E-state index contributed by atoms with van der Waals surface area (Å²) < 4.78 is 7.39. The van der Waals surface area contributed by atoms with E-state index in [0.29, 0.717) is 35.0 Å². The lowest BCUT2D eigenvalue weighted by Crippen LogP contribution is -2.33. The number of carbonyl (C=O) groups is 1. The molecule has 0 saturated carbocycles. The standard InChI is InChI=1S/C22H19ClN4O2/c1-3-5-14-13-24-10-8-15(14)20-12-16-19(9-11-25-22(16)28)27(20)26-18-7-4-6-17(23)21(18)29-2/h4,6-8,10,12-13,26H,9,11H2,1-2H3,(H,25,28). The number of hydrogen-bond donors (Lipinski definition) is 2. The topological polar surface area (TPSA) is 68.2 Å². The average molecular weight is 407 g/mol. The molecule has 1 amide bonds. The van der Waals surface area contributed by atoms with Crippen molar-refractivity contribution in [1.82, 2.24) is 15.0 Å². The molecule has 6 nitrogen and oxygen atoms in total. The number of ether oxygens (including phenoxy) is 1. The Hall–Kier alpha value is -3.43. The van der Waals surface area contributed by atoms with Crippen LogP contribution < -0.4 is 15.5 Å². The van der Waals surface area contributed by atoms with Gasteiger partial charge in [-0.2, -0.15) is 0 Å². The van der Waals surface area contributed by atoms with Gasteiger partial charge in [0.1, 0.15) is 0 Å². The first-order chi connectivity index (χ1) is 14.1. The zero-order valence-corrected chi connectivity index (χ0v) is 16.8. The van der Waals surface area contributed by atoms with E-state index in [2.05, 4.69) is 27.6 Å². The summed E-state index contributed by atoms with van der Waals surface area (Å²) >= 11 is 6.29. The molecule has 1 aliphatic rings. The Bertz CT molecular complexity index is 1160. The van der Waals surface area contributed by atoms with Gasteiger partial charge in [0.25, 0.3) is 5.91 Å². The first kappa shape index (κ1) is 18.9. The van der Waals surface area contributed by atoms with Crippen LogP contribution in [0.3, 0.4) is 0 Å². The summed E-state index contributed by atoms with van der Waals surface area (Å²) in [5, 5.41) is 3.40. The Balaban J connectivity index is 1.93. The van der Waals surface area contributed by atoms with Crippen LogP contribution in [-0.2, 0) is 6.42 Å². The number of nitrogens with one attached hydrogen (secondary N) is 2. The highest BCUT2D eigenvalue weighted by molar-refractivity contribution is 6.32. The van der Waals surface area contributed by atoms with E-state index in [1.807, 2.05) is 28.9 Å². The first-order valence-electron chi connectivity index (χ1n) is 9.13. The number of hydrogen-bond acceptors (Lipinski definition) is 4. The minimum absolute atomic E-state index is 0.0942. The Morgan fingerprint density at radius 3 is 2.97 bits per heavy atom. The number of benzene rings is 1. The molecule has 0 fully saturated rings. The van der Waals surface area contributed by atoms with E-state index in [-0.39, 0.29) is 5.91 Å². The van der Waals surface area contributed by atoms with Crippen LogP contribution in [0.5, 0.6) is 5.75 Å². The fourth-order valence-corrected chi connectivity index (χ4v) is 3.74. The van der Waals surface area contributed by atoms with E-state index in [4.69, 9.17) is 16.3 Å². The monoisotopic (exact) mass is 406 g/mol.